The highest BCUT2D eigenvalue weighted by molar-refractivity contribution is 6.07. The number of hydrogen-bond donors (Lipinski definition) is 0. The number of benzene rings is 2. The fourth-order valence-electron chi connectivity index (χ4n) is 3.76. The average molecular weight is 336 g/mol. The van der Waals surface area contributed by atoms with Gasteiger partial charge in [-0.1, -0.05) is 42.5 Å². The Hall–Kier alpha value is -3.02. The van der Waals surface area contributed by atoms with Gasteiger partial charge in [0.25, 0.3) is 5.69 Å². The second kappa shape index (κ2) is 5.81. The van der Waals surface area contributed by atoms with Gasteiger partial charge in [-0.2, -0.15) is 0 Å². The number of cyclic esters (lactones) is 1. The Morgan fingerprint density at radius 3 is 2.36 bits per heavy atom. The molecule has 4 rings (SSSR count). The van der Waals surface area contributed by atoms with E-state index in [1.807, 2.05) is 37.3 Å². The molecule has 0 amide bonds. The van der Waals surface area contributed by atoms with Gasteiger partial charge in [0, 0.05) is 12.1 Å². The average Bonchev–Trinajstić information content (AvgIpc) is 3.15. The lowest BCUT2D eigenvalue weighted by atomic mass is 9.82. The molecule has 2 aliphatic heterocycles. The van der Waals surface area contributed by atoms with Crippen molar-refractivity contribution >= 4 is 17.4 Å². The van der Waals surface area contributed by atoms with Crippen LogP contribution in [-0.4, -0.2) is 22.7 Å². The van der Waals surface area contributed by atoms with Gasteiger partial charge in [-0.3, -0.25) is 19.9 Å². The summed E-state index contributed by atoms with van der Waals surface area (Å²) in [4.78, 5) is 27.6. The van der Waals surface area contributed by atoms with Gasteiger partial charge >= 0.3 is 5.97 Å². The van der Waals surface area contributed by atoms with Crippen molar-refractivity contribution in [2.24, 2.45) is 16.8 Å². The predicted octanol–water partition coefficient (Wildman–Crippen LogP) is 3.32. The van der Waals surface area contributed by atoms with Crippen LogP contribution in [0.15, 0.2) is 59.6 Å². The van der Waals surface area contributed by atoms with Gasteiger partial charge in [0.05, 0.1) is 28.5 Å². The molecule has 0 radical (unpaired) electrons. The summed E-state index contributed by atoms with van der Waals surface area (Å²) in [5.41, 5.74) is 2.66. The Balaban J connectivity index is 1.77. The molecular formula is C19H16N2O4. The molecule has 2 heterocycles. The molecule has 0 unspecified atom stereocenters. The van der Waals surface area contributed by atoms with Crippen LogP contribution in [0, 0.1) is 22.0 Å². The molecule has 126 valence electrons. The number of non-ortho nitro benzene ring substituents is 1. The van der Waals surface area contributed by atoms with Gasteiger partial charge in [0.2, 0.25) is 0 Å². The molecule has 0 bridgehead atoms. The molecule has 0 saturated carbocycles. The van der Waals surface area contributed by atoms with E-state index in [0.717, 1.165) is 16.8 Å². The fourth-order valence-corrected chi connectivity index (χ4v) is 3.76. The molecule has 4 atom stereocenters. The third-order valence-corrected chi connectivity index (χ3v) is 4.92. The van der Waals surface area contributed by atoms with Crippen molar-refractivity contribution in [2.75, 3.05) is 0 Å². The lowest BCUT2D eigenvalue weighted by Crippen LogP contribution is -2.25. The van der Waals surface area contributed by atoms with Crippen molar-refractivity contribution in [1.82, 2.24) is 0 Å². The van der Waals surface area contributed by atoms with Crippen molar-refractivity contribution in [3.8, 4) is 0 Å². The number of rotatable bonds is 3. The summed E-state index contributed by atoms with van der Waals surface area (Å²) < 4.78 is 5.47. The number of nitrogens with zero attached hydrogens (tertiary/aromatic N) is 2. The van der Waals surface area contributed by atoms with Crippen molar-refractivity contribution in [2.45, 2.75) is 19.1 Å². The molecule has 1 saturated heterocycles. The van der Waals surface area contributed by atoms with Gasteiger partial charge in [-0.05, 0) is 18.1 Å². The number of esters is 1. The molecule has 1 fully saturated rings. The summed E-state index contributed by atoms with van der Waals surface area (Å²) in [5, 5.41) is 10.9. The lowest BCUT2D eigenvalue weighted by Gasteiger charge is -2.15. The quantitative estimate of drug-likeness (QED) is 0.489. The number of nitro groups is 1. The first-order valence-electron chi connectivity index (χ1n) is 8.14. The third kappa shape index (κ3) is 2.50. The predicted molar refractivity (Wildman–Crippen MR) is 91.4 cm³/mol. The molecule has 2 aromatic carbocycles. The van der Waals surface area contributed by atoms with E-state index < -0.39 is 4.92 Å². The molecule has 2 aliphatic rings. The monoisotopic (exact) mass is 336 g/mol. The van der Waals surface area contributed by atoms with Crippen molar-refractivity contribution in [1.29, 1.82) is 0 Å². The number of ether oxygens (including phenoxy) is 1. The highest BCUT2D eigenvalue weighted by Gasteiger charge is 2.53. The highest BCUT2D eigenvalue weighted by atomic mass is 16.6. The standard InChI is InChI=1S/C19H16N2O4/c1-11-15-16(19(22)25-11)18(13-7-9-14(10-8-13)21(23)24)20-17(15)12-5-3-2-4-6-12/h2-11,15-16,18H,1H3/t11-,15+,16-,18+/m1/s1. The van der Waals surface area contributed by atoms with Gasteiger partial charge in [-0.15, -0.1) is 0 Å². The Kier molecular flexibility index (Phi) is 3.60. The molecular weight excluding hydrogens is 320 g/mol. The summed E-state index contributed by atoms with van der Waals surface area (Å²) in [6, 6.07) is 15.6. The van der Waals surface area contributed by atoms with E-state index in [0.29, 0.717) is 0 Å². The van der Waals surface area contributed by atoms with Gasteiger partial charge in [-0.25, -0.2) is 0 Å². The summed E-state index contributed by atoms with van der Waals surface area (Å²) in [7, 11) is 0. The minimum atomic E-state index is -0.439. The number of aliphatic imine (C=N–C) groups is 1. The maximum Gasteiger partial charge on any atom is 0.312 e. The first kappa shape index (κ1) is 15.5. The third-order valence-electron chi connectivity index (χ3n) is 4.92. The summed E-state index contributed by atoms with van der Waals surface area (Å²) in [6.07, 6.45) is -0.237. The van der Waals surface area contributed by atoms with Crippen LogP contribution in [0.5, 0.6) is 0 Å². The van der Waals surface area contributed by atoms with Crippen molar-refractivity contribution in [3.63, 3.8) is 0 Å². The lowest BCUT2D eigenvalue weighted by molar-refractivity contribution is -0.384. The van der Waals surface area contributed by atoms with Crippen LogP contribution < -0.4 is 0 Å². The normalized spacial score (nSPS) is 27.6. The molecule has 6 nitrogen and oxygen atoms in total. The topological polar surface area (TPSA) is 81.8 Å². The second-order valence-electron chi connectivity index (χ2n) is 6.37. The van der Waals surface area contributed by atoms with Crippen LogP contribution in [0.4, 0.5) is 5.69 Å². The van der Waals surface area contributed by atoms with Crippen LogP contribution in [0.2, 0.25) is 0 Å². The molecule has 25 heavy (non-hydrogen) atoms. The largest absolute Gasteiger partial charge is 0.462 e. The molecule has 0 aromatic heterocycles. The van der Waals surface area contributed by atoms with Gasteiger partial charge in [0.1, 0.15) is 6.10 Å². The Morgan fingerprint density at radius 2 is 1.72 bits per heavy atom. The maximum absolute atomic E-state index is 12.4. The maximum atomic E-state index is 12.4. The van der Waals surface area contributed by atoms with E-state index in [1.54, 1.807) is 12.1 Å². The first-order valence-corrected chi connectivity index (χ1v) is 8.14. The van der Waals surface area contributed by atoms with E-state index in [9.17, 15) is 14.9 Å². The molecule has 0 aliphatic carbocycles. The zero-order valence-corrected chi connectivity index (χ0v) is 13.5. The molecule has 6 heteroatoms. The smallest absolute Gasteiger partial charge is 0.312 e. The fraction of sp³-hybridized carbons (Fsp3) is 0.263. The zero-order valence-electron chi connectivity index (χ0n) is 13.5. The number of hydrogen-bond acceptors (Lipinski definition) is 5. The van der Waals surface area contributed by atoms with E-state index >= 15 is 0 Å². The summed E-state index contributed by atoms with van der Waals surface area (Å²) >= 11 is 0. The van der Waals surface area contributed by atoms with Crippen molar-refractivity contribution < 1.29 is 14.5 Å². The van der Waals surface area contributed by atoms with Crippen LogP contribution >= 0.6 is 0 Å². The number of fused-ring (bicyclic) bond motifs is 1. The summed E-state index contributed by atoms with van der Waals surface area (Å²) in [6.45, 7) is 1.89. The number of carbonyl (C=O) groups is 1. The van der Waals surface area contributed by atoms with E-state index in [2.05, 4.69) is 0 Å². The van der Waals surface area contributed by atoms with E-state index in [4.69, 9.17) is 9.73 Å². The van der Waals surface area contributed by atoms with E-state index in [-0.39, 0.29) is 35.6 Å². The van der Waals surface area contributed by atoms with Crippen molar-refractivity contribution in [3.05, 3.63) is 75.8 Å². The van der Waals surface area contributed by atoms with Gasteiger partial charge in [0.15, 0.2) is 0 Å². The minimum Gasteiger partial charge on any atom is -0.462 e. The summed E-state index contributed by atoms with van der Waals surface area (Å²) in [5.74, 6) is -0.739. The Morgan fingerprint density at radius 1 is 1.04 bits per heavy atom. The van der Waals surface area contributed by atoms with Crippen LogP contribution in [0.1, 0.15) is 24.1 Å². The molecule has 0 N–H and O–H groups in total. The van der Waals surface area contributed by atoms with Gasteiger partial charge < -0.3 is 4.74 Å². The SMILES string of the molecule is C[C@H]1OC(=O)[C@@H]2[C@H]1C(c1ccccc1)=N[C@H]2c1ccc([N+](=O)[O-])cc1. The second-order valence-corrected chi connectivity index (χ2v) is 6.37. The first-order chi connectivity index (χ1) is 12.1. The Bertz CT molecular complexity index is 861. The van der Waals surface area contributed by atoms with Crippen LogP contribution in [-0.2, 0) is 9.53 Å². The van der Waals surface area contributed by atoms with Crippen LogP contribution in [0.3, 0.4) is 0 Å². The minimum absolute atomic E-state index is 0.0212. The molecule has 2 aromatic rings. The number of carbonyl (C=O) groups excluding carboxylic acids is 1. The highest BCUT2D eigenvalue weighted by Crippen LogP contribution is 2.47. The Labute approximate surface area is 144 Å². The molecule has 0 spiro atoms. The van der Waals surface area contributed by atoms with E-state index in [1.165, 1.54) is 12.1 Å². The number of nitro benzene ring substituents is 1. The zero-order chi connectivity index (χ0) is 17.6. The van der Waals surface area contributed by atoms with Crippen LogP contribution in [0.25, 0.3) is 0 Å².